The van der Waals surface area contributed by atoms with Crippen molar-refractivity contribution < 1.29 is 4.52 Å². The van der Waals surface area contributed by atoms with Crippen LogP contribution in [-0.2, 0) is 6.54 Å². The van der Waals surface area contributed by atoms with Gasteiger partial charge in [0.1, 0.15) is 0 Å². The van der Waals surface area contributed by atoms with Gasteiger partial charge in [-0.25, -0.2) is 0 Å². The molecule has 1 heterocycles. The standard InChI is InChI=1S/C10H11ClN4O/c1-6-14-9(15-16-6)5-13-8-4-2-3-7(11)10(8)12/h2-4,13H,5,12H2,1H3. The maximum atomic E-state index is 5.88. The fraction of sp³-hybridized carbons (Fsp3) is 0.200. The molecule has 3 N–H and O–H groups in total. The van der Waals surface area contributed by atoms with Crippen molar-refractivity contribution >= 4 is 23.0 Å². The number of nitrogens with two attached hydrogens (primary N) is 1. The lowest BCUT2D eigenvalue weighted by Crippen LogP contribution is -2.04. The van der Waals surface area contributed by atoms with Crippen LogP contribution in [0, 0.1) is 6.92 Å². The molecule has 5 nitrogen and oxygen atoms in total. The Hall–Kier alpha value is -1.75. The van der Waals surface area contributed by atoms with Crippen molar-refractivity contribution in [2.45, 2.75) is 13.5 Å². The average Bonchev–Trinajstić information content (AvgIpc) is 2.67. The third-order valence-electron chi connectivity index (χ3n) is 2.06. The van der Waals surface area contributed by atoms with E-state index in [1.807, 2.05) is 12.1 Å². The van der Waals surface area contributed by atoms with E-state index >= 15 is 0 Å². The molecule has 0 bridgehead atoms. The number of benzene rings is 1. The van der Waals surface area contributed by atoms with Crippen LogP contribution in [0.15, 0.2) is 22.7 Å². The highest BCUT2D eigenvalue weighted by Gasteiger charge is 2.05. The molecule has 0 unspecified atom stereocenters. The van der Waals surface area contributed by atoms with Gasteiger partial charge in [0.05, 0.1) is 22.9 Å². The third kappa shape index (κ3) is 2.25. The first-order valence-corrected chi connectivity index (χ1v) is 5.11. The van der Waals surface area contributed by atoms with Gasteiger partial charge in [0.2, 0.25) is 5.89 Å². The number of nitrogen functional groups attached to an aromatic ring is 1. The minimum Gasteiger partial charge on any atom is -0.396 e. The van der Waals surface area contributed by atoms with Gasteiger partial charge >= 0.3 is 0 Å². The number of nitrogens with one attached hydrogen (secondary N) is 1. The molecule has 84 valence electrons. The Kier molecular flexibility index (Phi) is 2.96. The zero-order valence-electron chi connectivity index (χ0n) is 8.70. The van der Waals surface area contributed by atoms with Gasteiger partial charge in [-0.1, -0.05) is 22.8 Å². The second-order valence-electron chi connectivity index (χ2n) is 3.28. The van der Waals surface area contributed by atoms with Crippen LogP contribution < -0.4 is 11.1 Å². The summed E-state index contributed by atoms with van der Waals surface area (Å²) in [6, 6.07) is 5.40. The zero-order chi connectivity index (χ0) is 11.5. The summed E-state index contributed by atoms with van der Waals surface area (Å²) in [5, 5.41) is 7.37. The molecule has 0 saturated carbocycles. The monoisotopic (exact) mass is 238 g/mol. The van der Waals surface area contributed by atoms with E-state index in [1.165, 1.54) is 0 Å². The summed E-state index contributed by atoms with van der Waals surface area (Å²) >= 11 is 5.88. The molecule has 0 aliphatic rings. The van der Waals surface area contributed by atoms with Gasteiger partial charge in [-0.3, -0.25) is 0 Å². The van der Waals surface area contributed by atoms with E-state index in [2.05, 4.69) is 15.5 Å². The van der Waals surface area contributed by atoms with Crippen molar-refractivity contribution in [3.05, 3.63) is 34.9 Å². The minimum atomic E-state index is 0.446. The molecular formula is C10H11ClN4O. The highest BCUT2D eigenvalue weighted by Crippen LogP contribution is 2.26. The predicted molar refractivity (Wildman–Crippen MR) is 62.2 cm³/mol. The van der Waals surface area contributed by atoms with Crippen LogP contribution in [0.1, 0.15) is 11.7 Å². The summed E-state index contributed by atoms with van der Waals surface area (Å²) in [7, 11) is 0. The number of aromatic nitrogens is 2. The smallest absolute Gasteiger partial charge is 0.223 e. The Balaban J connectivity index is 2.07. The molecule has 0 aliphatic carbocycles. The normalized spacial score (nSPS) is 10.4. The molecule has 0 atom stereocenters. The van der Waals surface area contributed by atoms with Gasteiger partial charge in [-0.2, -0.15) is 4.98 Å². The van der Waals surface area contributed by atoms with E-state index < -0.39 is 0 Å². The Morgan fingerprint density at radius 2 is 2.31 bits per heavy atom. The Morgan fingerprint density at radius 3 is 3.00 bits per heavy atom. The fourth-order valence-electron chi connectivity index (χ4n) is 1.28. The van der Waals surface area contributed by atoms with Crippen LogP contribution in [0.2, 0.25) is 5.02 Å². The SMILES string of the molecule is Cc1nc(CNc2cccc(Cl)c2N)no1. The molecule has 1 aromatic heterocycles. The van der Waals surface area contributed by atoms with E-state index in [-0.39, 0.29) is 0 Å². The molecule has 0 saturated heterocycles. The molecule has 0 amide bonds. The molecule has 0 fully saturated rings. The van der Waals surface area contributed by atoms with E-state index in [0.717, 1.165) is 5.69 Å². The summed E-state index contributed by atoms with van der Waals surface area (Å²) in [6.07, 6.45) is 0. The molecule has 0 radical (unpaired) electrons. The molecule has 2 aromatic rings. The molecule has 2 rings (SSSR count). The Bertz CT molecular complexity index is 497. The van der Waals surface area contributed by atoms with Gasteiger partial charge in [0.25, 0.3) is 0 Å². The fourth-order valence-corrected chi connectivity index (χ4v) is 1.45. The van der Waals surface area contributed by atoms with Crippen molar-refractivity contribution in [3.8, 4) is 0 Å². The van der Waals surface area contributed by atoms with Crippen LogP contribution in [0.4, 0.5) is 11.4 Å². The molecule has 6 heteroatoms. The van der Waals surface area contributed by atoms with Crippen molar-refractivity contribution in [1.29, 1.82) is 0 Å². The molecule has 0 aliphatic heterocycles. The highest BCUT2D eigenvalue weighted by atomic mass is 35.5. The van der Waals surface area contributed by atoms with E-state index in [1.54, 1.807) is 13.0 Å². The largest absolute Gasteiger partial charge is 0.396 e. The summed E-state index contributed by atoms with van der Waals surface area (Å²) in [5.74, 6) is 1.12. The number of hydrogen-bond acceptors (Lipinski definition) is 5. The Labute approximate surface area is 97.6 Å². The van der Waals surface area contributed by atoms with Gasteiger partial charge in [0, 0.05) is 6.92 Å². The van der Waals surface area contributed by atoms with E-state index in [4.69, 9.17) is 21.9 Å². The van der Waals surface area contributed by atoms with Crippen molar-refractivity contribution in [1.82, 2.24) is 10.1 Å². The van der Waals surface area contributed by atoms with E-state index in [9.17, 15) is 0 Å². The second-order valence-corrected chi connectivity index (χ2v) is 3.69. The number of aryl methyl sites for hydroxylation is 1. The van der Waals surface area contributed by atoms with Gasteiger partial charge < -0.3 is 15.6 Å². The van der Waals surface area contributed by atoms with Crippen LogP contribution in [-0.4, -0.2) is 10.1 Å². The minimum absolute atomic E-state index is 0.446. The van der Waals surface area contributed by atoms with Crippen molar-refractivity contribution in [2.75, 3.05) is 11.1 Å². The second kappa shape index (κ2) is 4.40. The molecule has 0 spiro atoms. The number of hydrogen-bond donors (Lipinski definition) is 2. The van der Waals surface area contributed by atoms with E-state index in [0.29, 0.717) is 29.0 Å². The predicted octanol–water partition coefficient (Wildman–Crippen LogP) is 2.23. The van der Waals surface area contributed by atoms with Crippen LogP contribution in [0.25, 0.3) is 0 Å². The molecule has 16 heavy (non-hydrogen) atoms. The molecular weight excluding hydrogens is 228 g/mol. The first kappa shape index (κ1) is 10.8. The summed E-state index contributed by atoms with van der Waals surface area (Å²) in [4.78, 5) is 4.06. The first-order chi connectivity index (χ1) is 7.66. The number of para-hydroxylation sites is 1. The van der Waals surface area contributed by atoms with Crippen LogP contribution >= 0.6 is 11.6 Å². The maximum Gasteiger partial charge on any atom is 0.223 e. The Morgan fingerprint density at radius 1 is 1.50 bits per heavy atom. The lowest BCUT2D eigenvalue weighted by molar-refractivity contribution is 0.388. The van der Waals surface area contributed by atoms with Crippen molar-refractivity contribution in [2.24, 2.45) is 0 Å². The lowest BCUT2D eigenvalue weighted by atomic mass is 10.2. The van der Waals surface area contributed by atoms with Gasteiger partial charge in [-0.15, -0.1) is 0 Å². The number of halogens is 1. The third-order valence-corrected chi connectivity index (χ3v) is 2.39. The van der Waals surface area contributed by atoms with Crippen molar-refractivity contribution in [3.63, 3.8) is 0 Å². The number of anilines is 2. The summed E-state index contributed by atoms with van der Waals surface area (Å²) in [5.41, 5.74) is 7.07. The quantitative estimate of drug-likeness (QED) is 0.802. The zero-order valence-corrected chi connectivity index (χ0v) is 9.45. The summed E-state index contributed by atoms with van der Waals surface area (Å²) in [6.45, 7) is 2.19. The van der Waals surface area contributed by atoms with Crippen LogP contribution in [0.3, 0.4) is 0 Å². The topological polar surface area (TPSA) is 77.0 Å². The number of rotatable bonds is 3. The highest BCUT2D eigenvalue weighted by molar-refractivity contribution is 6.33. The first-order valence-electron chi connectivity index (χ1n) is 4.74. The summed E-state index contributed by atoms with van der Waals surface area (Å²) < 4.78 is 4.85. The van der Waals surface area contributed by atoms with Gasteiger partial charge in [0.15, 0.2) is 5.82 Å². The van der Waals surface area contributed by atoms with Gasteiger partial charge in [-0.05, 0) is 12.1 Å². The lowest BCUT2D eigenvalue weighted by Gasteiger charge is -2.07. The van der Waals surface area contributed by atoms with Crippen LogP contribution in [0.5, 0.6) is 0 Å². The molecule has 1 aromatic carbocycles. The average molecular weight is 239 g/mol. The number of nitrogens with zero attached hydrogens (tertiary/aromatic N) is 2. The maximum absolute atomic E-state index is 5.88.